The molecule has 1 aliphatic heterocycles. The number of rotatable bonds is 4. The lowest BCUT2D eigenvalue weighted by Gasteiger charge is -2.20. The number of aromatic nitrogens is 3. The lowest BCUT2D eigenvalue weighted by atomic mass is 10.1. The number of H-pyrrole nitrogens is 1. The Hall–Kier alpha value is -2.08. The molecule has 0 aliphatic carbocycles. The van der Waals surface area contributed by atoms with Crippen molar-refractivity contribution >= 4 is 11.8 Å². The van der Waals surface area contributed by atoms with E-state index in [9.17, 15) is 0 Å². The minimum absolute atomic E-state index is 0.678. The molecule has 0 unspecified atom stereocenters. The molecule has 0 atom stereocenters. The molecule has 0 spiro atoms. The van der Waals surface area contributed by atoms with Crippen LogP contribution in [0, 0.1) is 0 Å². The van der Waals surface area contributed by atoms with Crippen LogP contribution in [0.25, 0.3) is 0 Å². The summed E-state index contributed by atoms with van der Waals surface area (Å²) in [6.07, 6.45) is 4.86. The van der Waals surface area contributed by atoms with Gasteiger partial charge < -0.3 is 20.9 Å². The first kappa shape index (κ1) is 12.0. The van der Waals surface area contributed by atoms with Crippen LogP contribution in [0.5, 0.6) is 0 Å². The molecule has 3 rings (SSSR count). The van der Waals surface area contributed by atoms with Gasteiger partial charge in [0.25, 0.3) is 0 Å². The van der Waals surface area contributed by atoms with Crippen molar-refractivity contribution in [1.29, 1.82) is 0 Å². The quantitative estimate of drug-likeness (QED) is 0.660. The first-order chi connectivity index (χ1) is 9.36. The van der Waals surface area contributed by atoms with Crippen LogP contribution in [0.4, 0.5) is 11.8 Å². The molecule has 0 amide bonds. The van der Waals surface area contributed by atoms with Crippen molar-refractivity contribution in [2.45, 2.75) is 19.5 Å². The van der Waals surface area contributed by atoms with Crippen molar-refractivity contribution in [1.82, 2.24) is 20.3 Å². The van der Waals surface area contributed by atoms with E-state index in [0.29, 0.717) is 5.95 Å². The molecule has 1 aliphatic rings. The fraction of sp³-hybridized carbons (Fsp3) is 0.385. The smallest absolute Gasteiger partial charge is 0.224 e. The van der Waals surface area contributed by atoms with E-state index in [1.165, 1.54) is 11.1 Å². The normalized spacial score (nSPS) is 13.9. The lowest BCUT2D eigenvalue weighted by molar-refractivity contribution is 0.628. The molecular formula is C13H18N6. The highest BCUT2D eigenvalue weighted by molar-refractivity contribution is 5.51. The van der Waals surface area contributed by atoms with Crippen molar-refractivity contribution < 1.29 is 0 Å². The molecule has 3 heterocycles. The summed E-state index contributed by atoms with van der Waals surface area (Å²) in [5.41, 5.74) is 3.53. The second-order valence-electron chi connectivity index (χ2n) is 4.57. The zero-order valence-corrected chi connectivity index (χ0v) is 11.0. The van der Waals surface area contributed by atoms with E-state index in [1.54, 1.807) is 0 Å². The van der Waals surface area contributed by atoms with Crippen LogP contribution in [0.15, 0.2) is 18.5 Å². The molecule has 6 nitrogen and oxygen atoms in total. The highest BCUT2D eigenvalue weighted by Gasteiger charge is 2.17. The van der Waals surface area contributed by atoms with Gasteiger partial charge in [0.05, 0.1) is 5.69 Å². The number of nitrogens with zero attached hydrogens (tertiary/aromatic N) is 2. The lowest BCUT2D eigenvalue weighted by Crippen LogP contribution is -2.26. The molecule has 4 N–H and O–H groups in total. The predicted molar refractivity (Wildman–Crippen MR) is 75.1 cm³/mol. The van der Waals surface area contributed by atoms with Gasteiger partial charge in [-0.1, -0.05) is 0 Å². The highest BCUT2D eigenvalue weighted by Crippen LogP contribution is 2.22. The summed E-state index contributed by atoms with van der Waals surface area (Å²) >= 11 is 0. The summed E-state index contributed by atoms with van der Waals surface area (Å²) in [5, 5.41) is 9.79. The molecule has 19 heavy (non-hydrogen) atoms. The number of nitrogens with one attached hydrogen (secondary N) is 4. The Morgan fingerprint density at radius 3 is 3.11 bits per heavy atom. The molecular weight excluding hydrogens is 240 g/mol. The Kier molecular flexibility index (Phi) is 3.33. The monoisotopic (exact) mass is 258 g/mol. The van der Waals surface area contributed by atoms with Crippen LogP contribution in [0.2, 0.25) is 0 Å². The number of aromatic amines is 1. The van der Waals surface area contributed by atoms with Crippen LogP contribution < -0.4 is 16.0 Å². The standard InChI is InChI=1S/C13H18N6/c1-14-13-18-11-3-5-16-8-10(11)12(19-13)17-7-9-2-4-15-6-9/h2,4,6,15-16H,3,5,7-8H2,1H3,(H2,14,17,18,19). The minimum atomic E-state index is 0.678. The highest BCUT2D eigenvalue weighted by atomic mass is 15.1. The SMILES string of the molecule is CNc1nc2c(c(NCc3cc[nH]c3)n1)CNCC2. The van der Waals surface area contributed by atoms with Crippen molar-refractivity contribution in [3.63, 3.8) is 0 Å². The third-order valence-corrected chi connectivity index (χ3v) is 3.28. The fourth-order valence-electron chi connectivity index (χ4n) is 2.26. The molecule has 0 aromatic carbocycles. The molecule has 100 valence electrons. The van der Waals surface area contributed by atoms with Gasteiger partial charge in [-0.05, 0) is 11.6 Å². The molecule has 0 bridgehead atoms. The minimum Gasteiger partial charge on any atom is -0.367 e. The van der Waals surface area contributed by atoms with E-state index in [4.69, 9.17) is 0 Å². The Balaban J connectivity index is 1.86. The Morgan fingerprint density at radius 1 is 1.37 bits per heavy atom. The Morgan fingerprint density at radius 2 is 2.32 bits per heavy atom. The summed E-state index contributed by atoms with van der Waals surface area (Å²) in [6.45, 7) is 2.56. The zero-order valence-electron chi connectivity index (χ0n) is 11.0. The van der Waals surface area contributed by atoms with Gasteiger partial charge in [0.2, 0.25) is 5.95 Å². The van der Waals surface area contributed by atoms with Crippen LogP contribution in [0.1, 0.15) is 16.8 Å². The second-order valence-corrected chi connectivity index (χ2v) is 4.57. The van der Waals surface area contributed by atoms with Crippen molar-refractivity contribution in [2.75, 3.05) is 24.2 Å². The van der Waals surface area contributed by atoms with Gasteiger partial charge in [-0.25, -0.2) is 4.98 Å². The molecule has 0 radical (unpaired) electrons. The van der Waals surface area contributed by atoms with E-state index in [-0.39, 0.29) is 0 Å². The van der Waals surface area contributed by atoms with Crippen LogP contribution in [-0.4, -0.2) is 28.5 Å². The summed E-state index contributed by atoms with van der Waals surface area (Å²) in [5.74, 6) is 1.60. The summed E-state index contributed by atoms with van der Waals surface area (Å²) in [4.78, 5) is 12.1. The molecule has 0 saturated carbocycles. The second kappa shape index (κ2) is 5.27. The molecule has 0 fully saturated rings. The van der Waals surface area contributed by atoms with Gasteiger partial charge in [0.1, 0.15) is 5.82 Å². The van der Waals surface area contributed by atoms with Crippen LogP contribution >= 0.6 is 0 Å². The predicted octanol–water partition coefficient (Wildman–Crippen LogP) is 1.10. The maximum absolute atomic E-state index is 4.53. The molecule has 2 aromatic heterocycles. The van der Waals surface area contributed by atoms with E-state index < -0.39 is 0 Å². The number of fused-ring (bicyclic) bond motifs is 1. The number of hydrogen-bond acceptors (Lipinski definition) is 5. The van der Waals surface area contributed by atoms with Gasteiger partial charge in [-0.15, -0.1) is 0 Å². The molecule has 2 aromatic rings. The molecule has 0 saturated heterocycles. The summed E-state index contributed by atoms with van der Waals surface area (Å²) in [7, 11) is 1.85. The fourth-order valence-corrected chi connectivity index (χ4v) is 2.26. The van der Waals surface area contributed by atoms with Crippen LogP contribution in [0.3, 0.4) is 0 Å². The number of hydrogen-bond donors (Lipinski definition) is 4. The van der Waals surface area contributed by atoms with Crippen molar-refractivity contribution in [3.05, 3.63) is 35.3 Å². The third kappa shape index (κ3) is 2.53. The van der Waals surface area contributed by atoms with Gasteiger partial charge in [-0.2, -0.15) is 4.98 Å². The maximum Gasteiger partial charge on any atom is 0.224 e. The maximum atomic E-state index is 4.53. The first-order valence-electron chi connectivity index (χ1n) is 6.50. The van der Waals surface area contributed by atoms with Crippen LogP contribution in [-0.2, 0) is 19.5 Å². The molecule has 6 heteroatoms. The van der Waals surface area contributed by atoms with Gasteiger partial charge >= 0.3 is 0 Å². The zero-order chi connectivity index (χ0) is 13.1. The third-order valence-electron chi connectivity index (χ3n) is 3.28. The van der Waals surface area contributed by atoms with E-state index >= 15 is 0 Å². The van der Waals surface area contributed by atoms with Crippen molar-refractivity contribution in [2.24, 2.45) is 0 Å². The summed E-state index contributed by atoms with van der Waals surface area (Å²) in [6, 6.07) is 2.05. The van der Waals surface area contributed by atoms with Crippen molar-refractivity contribution in [3.8, 4) is 0 Å². The first-order valence-corrected chi connectivity index (χ1v) is 6.50. The van der Waals surface area contributed by atoms with Gasteiger partial charge in [-0.3, -0.25) is 0 Å². The average Bonchev–Trinajstić information content (AvgIpc) is 2.97. The van der Waals surface area contributed by atoms with E-state index in [0.717, 1.165) is 37.6 Å². The van der Waals surface area contributed by atoms with E-state index in [2.05, 4.69) is 37.0 Å². The van der Waals surface area contributed by atoms with Gasteiger partial charge in [0.15, 0.2) is 0 Å². The van der Waals surface area contributed by atoms with Gasteiger partial charge in [0, 0.05) is 51.1 Å². The Labute approximate surface area is 112 Å². The average molecular weight is 258 g/mol. The Bertz CT molecular complexity index is 549. The topological polar surface area (TPSA) is 77.7 Å². The number of anilines is 2. The summed E-state index contributed by atoms with van der Waals surface area (Å²) < 4.78 is 0. The van der Waals surface area contributed by atoms with E-state index in [1.807, 2.05) is 19.4 Å². The largest absolute Gasteiger partial charge is 0.367 e.